The summed E-state index contributed by atoms with van der Waals surface area (Å²) < 4.78 is 6.14. The van der Waals surface area contributed by atoms with E-state index in [0.717, 1.165) is 5.92 Å². The summed E-state index contributed by atoms with van der Waals surface area (Å²) in [6.07, 6.45) is 8.53. The Morgan fingerprint density at radius 1 is 1.11 bits per heavy atom. The van der Waals surface area contributed by atoms with Crippen LogP contribution in [0.1, 0.15) is 66.2 Å². The molecule has 0 aromatic heterocycles. The molecule has 0 aromatic rings. The second kappa shape index (κ2) is 3.73. The van der Waals surface area contributed by atoms with Crippen LogP contribution >= 0.6 is 0 Å². The fraction of sp³-hybridized carbons (Fsp3) is 1.00. The third-order valence-electron chi connectivity index (χ3n) is 6.99. The van der Waals surface area contributed by atoms with Gasteiger partial charge in [-0.3, -0.25) is 0 Å². The molecule has 6 atom stereocenters. The average molecular weight is 251 g/mol. The molecule has 2 saturated carbocycles. The molecule has 1 aliphatic heterocycles. The smallest absolute Gasteiger partial charge is 0.0736 e. The highest BCUT2D eigenvalue weighted by atomic mass is 16.5. The van der Waals surface area contributed by atoms with Crippen molar-refractivity contribution in [1.82, 2.24) is 0 Å². The summed E-state index contributed by atoms with van der Waals surface area (Å²) in [6.45, 7) is 9.32. The van der Waals surface area contributed by atoms with Gasteiger partial charge in [0.25, 0.3) is 0 Å². The Kier molecular flexibility index (Phi) is 2.68. The Bertz CT molecular complexity index is 357. The second-order valence-electron chi connectivity index (χ2n) is 7.86. The second-order valence-corrected chi connectivity index (χ2v) is 7.86. The van der Waals surface area contributed by atoms with E-state index in [2.05, 4.69) is 27.7 Å². The summed E-state index contributed by atoms with van der Waals surface area (Å²) in [7, 11) is 0. The van der Waals surface area contributed by atoms with Crippen molar-refractivity contribution in [3.05, 3.63) is 0 Å². The van der Waals surface area contributed by atoms with Gasteiger partial charge in [-0.15, -0.1) is 0 Å². The maximum absolute atomic E-state index is 6.87. The predicted molar refractivity (Wildman–Crippen MR) is 74.3 cm³/mol. The van der Waals surface area contributed by atoms with Crippen LogP contribution in [-0.2, 0) is 4.74 Å². The minimum atomic E-state index is -0.103. The van der Waals surface area contributed by atoms with Gasteiger partial charge in [-0.05, 0) is 50.9 Å². The van der Waals surface area contributed by atoms with Crippen molar-refractivity contribution < 1.29 is 4.74 Å². The van der Waals surface area contributed by atoms with Gasteiger partial charge in [0.2, 0.25) is 0 Å². The van der Waals surface area contributed by atoms with E-state index in [1.54, 1.807) is 0 Å². The van der Waals surface area contributed by atoms with E-state index < -0.39 is 0 Å². The van der Waals surface area contributed by atoms with Crippen LogP contribution in [0.3, 0.4) is 0 Å². The van der Waals surface area contributed by atoms with Gasteiger partial charge in [0.1, 0.15) is 0 Å². The lowest BCUT2D eigenvalue weighted by molar-refractivity contribution is -0.0597. The largest absolute Gasteiger partial charge is 0.373 e. The zero-order valence-corrected chi connectivity index (χ0v) is 12.5. The van der Waals surface area contributed by atoms with E-state index in [0.29, 0.717) is 11.5 Å². The van der Waals surface area contributed by atoms with Crippen LogP contribution in [0.4, 0.5) is 0 Å². The molecule has 0 bridgehead atoms. The molecule has 2 aliphatic carbocycles. The number of rotatable bonds is 0. The fourth-order valence-electron chi connectivity index (χ4n) is 5.43. The lowest BCUT2D eigenvalue weighted by Crippen LogP contribution is -2.65. The Morgan fingerprint density at radius 3 is 2.56 bits per heavy atom. The summed E-state index contributed by atoms with van der Waals surface area (Å²) in [6, 6.07) is 0. The molecule has 1 heterocycles. The van der Waals surface area contributed by atoms with E-state index >= 15 is 0 Å². The molecule has 0 amide bonds. The Morgan fingerprint density at radius 2 is 1.83 bits per heavy atom. The predicted octanol–water partition coefficient (Wildman–Crippen LogP) is 3.49. The normalized spacial score (nSPS) is 60.2. The van der Waals surface area contributed by atoms with Gasteiger partial charge < -0.3 is 10.5 Å². The van der Waals surface area contributed by atoms with Crippen LogP contribution in [0.15, 0.2) is 0 Å². The van der Waals surface area contributed by atoms with E-state index in [-0.39, 0.29) is 17.1 Å². The van der Waals surface area contributed by atoms with Crippen molar-refractivity contribution in [3.63, 3.8) is 0 Å². The molecule has 3 aliphatic rings. The highest BCUT2D eigenvalue weighted by Crippen LogP contribution is 2.63. The van der Waals surface area contributed by atoms with E-state index in [4.69, 9.17) is 10.5 Å². The standard InChI is InChI=1S/C16H29NO/c1-11-15(4)10-14(3)8-6-5-7-13(14)9-16(15,17)12(2)18-11/h11-13H,5-10,17H2,1-4H3. The number of nitrogens with two attached hydrogens (primary N) is 1. The van der Waals surface area contributed by atoms with Crippen molar-refractivity contribution in [2.75, 3.05) is 0 Å². The van der Waals surface area contributed by atoms with E-state index in [1.165, 1.54) is 38.5 Å². The Balaban J connectivity index is 1.99. The Hall–Kier alpha value is -0.0800. The van der Waals surface area contributed by atoms with Crippen LogP contribution in [0, 0.1) is 16.7 Å². The maximum atomic E-state index is 6.87. The van der Waals surface area contributed by atoms with Gasteiger partial charge in [-0.1, -0.05) is 26.7 Å². The van der Waals surface area contributed by atoms with Crippen molar-refractivity contribution in [1.29, 1.82) is 0 Å². The summed E-state index contributed by atoms with van der Waals surface area (Å²) in [4.78, 5) is 0. The summed E-state index contributed by atoms with van der Waals surface area (Å²) in [5, 5.41) is 0. The zero-order chi connectivity index (χ0) is 13.2. The molecule has 2 heteroatoms. The molecule has 2 nitrogen and oxygen atoms in total. The quantitative estimate of drug-likeness (QED) is 0.715. The topological polar surface area (TPSA) is 35.2 Å². The molecule has 0 aromatic carbocycles. The molecule has 0 radical (unpaired) electrons. The first-order valence-electron chi connectivity index (χ1n) is 7.76. The zero-order valence-electron chi connectivity index (χ0n) is 12.5. The molecular formula is C16H29NO. The summed E-state index contributed by atoms with van der Waals surface area (Å²) in [5.41, 5.74) is 7.44. The van der Waals surface area contributed by atoms with Crippen LogP contribution in [0.2, 0.25) is 0 Å². The Labute approximate surface area is 112 Å². The van der Waals surface area contributed by atoms with Gasteiger partial charge in [0.05, 0.1) is 12.2 Å². The fourth-order valence-corrected chi connectivity index (χ4v) is 5.43. The first-order valence-corrected chi connectivity index (χ1v) is 7.76. The molecule has 3 fully saturated rings. The van der Waals surface area contributed by atoms with Gasteiger partial charge in [0, 0.05) is 11.0 Å². The van der Waals surface area contributed by atoms with Crippen molar-refractivity contribution in [3.8, 4) is 0 Å². The van der Waals surface area contributed by atoms with Crippen LogP contribution in [-0.4, -0.2) is 17.7 Å². The number of fused-ring (bicyclic) bond motifs is 2. The third-order valence-corrected chi connectivity index (χ3v) is 6.99. The molecule has 6 unspecified atom stereocenters. The third kappa shape index (κ3) is 1.42. The number of hydrogen-bond donors (Lipinski definition) is 1. The highest BCUT2D eigenvalue weighted by molar-refractivity contribution is 5.18. The van der Waals surface area contributed by atoms with Crippen LogP contribution in [0.25, 0.3) is 0 Å². The molecular weight excluding hydrogens is 222 g/mol. The molecule has 18 heavy (non-hydrogen) atoms. The molecule has 104 valence electrons. The van der Waals surface area contributed by atoms with Gasteiger partial charge in [-0.2, -0.15) is 0 Å². The molecule has 3 rings (SSSR count). The van der Waals surface area contributed by atoms with Gasteiger partial charge >= 0.3 is 0 Å². The maximum Gasteiger partial charge on any atom is 0.0736 e. The molecule has 0 spiro atoms. The summed E-state index contributed by atoms with van der Waals surface area (Å²) >= 11 is 0. The first kappa shape index (κ1) is 12.9. The highest BCUT2D eigenvalue weighted by Gasteiger charge is 2.65. The first-order chi connectivity index (χ1) is 8.32. The number of hydrogen-bond acceptors (Lipinski definition) is 2. The monoisotopic (exact) mass is 251 g/mol. The minimum Gasteiger partial charge on any atom is -0.373 e. The van der Waals surface area contributed by atoms with Crippen molar-refractivity contribution in [2.24, 2.45) is 22.5 Å². The lowest BCUT2D eigenvalue weighted by atomic mass is 9.47. The molecule has 1 saturated heterocycles. The number of ether oxygens (including phenoxy) is 1. The van der Waals surface area contributed by atoms with Crippen molar-refractivity contribution in [2.45, 2.75) is 84.0 Å². The lowest BCUT2D eigenvalue weighted by Gasteiger charge is -2.58. The van der Waals surface area contributed by atoms with Crippen LogP contribution in [0.5, 0.6) is 0 Å². The van der Waals surface area contributed by atoms with E-state index in [1.807, 2.05) is 0 Å². The van der Waals surface area contributed by atoms with Gasteiger partial charge in [0.15, 0.2) is 0 Å². The molecule has 2 N–H and O–H groups in total. The average Bonchev–Trinajstić information content (AvgIpc) is 2.45. The SMILES string of the molecule is CC1OC(C)C2(N)CC3CCCCC3(C)CC12C. The van der Waals surface area contributed by atoms with Gasteiger partial charge in [-0.25, -0.2) is 0 Å². The summed E-state index contributed by atoms with van der Waals surface area (Å²) in [5.74, 6) is 0.820. The minimum absolute atomic E-state index is 0.103. The van der Waals surface area contributed by atoms with Crippen molar-refractivity contribution >= 4 is 0 Å². The van der Waals surface area contributed by atoms with Crippen LogP contribution < -0.4 is 5.73 Å². The van der Waals surface area contributed by atoms with E-state index in [9.17, 15) is 0 Å².